The second kappa shape index (κ2) is 9.48. The van der Waals surface area contributed by atoms with E-state index >= 15 is 0 Å². The molecule has 3 aromatic rings. The first-order chi connectivity index (χ1) is 10.8. The number of benzene rings is 3. The Hall–Kier alpha value is -0.804. The standard InChI is InChI=1S/C19H15O2P.K.H/c20-19(16-10-4-1-5-11-16)21-22(17-12-6-2-7-13-17)18-14-8-3-9-15-18;;/h1-15H;;. The molecular formula is C19H16KO2P. The Morgan fingerprint density at radius 1 is 0.652 bits per heavy atom. The first kappa shape index (κ1) is 18.5. The number of hydrogen-bond donors (Lipinski definition) is 0. The molecule has 0 aliphatic rings. The molecule has 0 bridgehead atoms. The summed E-state index contributed by atoms with van der Waals surface area (Å²) in [7, 11) is -1.16. The van der Waals surface area contributed by atoms with E-state index < -0.39 is 8.15 Å². The first-order valence-electron chi connectivity index (χ1n) is 7.02. The van der Waals surface area contributed by atoms with Crippen LogP contribution in [-0.4, -0.2) is 57.4 Å². The molecule has 0 radical (unpaired) electrons. The molecule has 3 rings (SSSR count). The van der Waals surface area contributed by atoms with Crippen molar-refractivity contribution < 1.29 is 9.32 Å². The van der Waals surface area contributed by atoms with Crippen LogP contribution < -0.4 is 10.6 Å². The molecular weight excluding hydrogens is 330 g/mol. The van der Waals surface area contributed by atoms with Crippen LogP contribution in [0.25, 0.3) is 0 Å². The maximum absolute atomic E-state index is 12.4. The molecule has 0 atom stereocenters. The van der Waals surface area contributed by atoms with Crippen LogP contribution >= 0.6 is 8.15 Å². The van der Waals surface area contributed by atoms with Gasteiger partial charge in [-0.15, -0.1) is 0 Å². The van der Waals surface area contributed by atoms with Crippen LogP contribution in [0.1, 0.15) is 10.4 Å². The van der Waals surface area contributed by atoms with Gasteiger partial charge in [0.05, 0.1) is 5.56 Å². The second-order valence-electron chi connectivity index (χ2n) is 4.71. The summed E-state index contributed by atoms with van der Waals surface area (Å²) < 4.78 is 5.83. The van der Waals surface area contributed by atoms with Crippen LogP contribution in [0.5, 0.6) is 0 Å². The van der Waals surface area contributed by atoms with E-state index in [1.54, 1.807) is 12.1 Å². The summed E-state index contributed by atoms with van der Waals surface area (Å²) in [6.07, 6.45) is 0. The fourth-order valence-corrected chi connectivity index (χ4v) is 3.76. The van der Waals surface area contributed by atoms with Gasteiger partial charge in [-0.3, -0.25) is 0 Å². The molecule has 0 spiro atoms. The van der Waals surface area contributed by atoms with Gasteiger partial charge < -0.3 is 4.52 Å². The molecule has 0 heterocycles. The Morgan fingerprint density at radius 2 is 1.04 bits per heavy atom. The molecule has 4 heteroatoms. The third kappa shape index (κ3) is 5.08. The maximum atomic E-state index is 12.4. The molecule has 110 valence electrons. The van der Waals surface area contributed by atoms with Crippen molar-refractivity contribution in [2.75, 3.05) is 0 Å². The summed E-state index contributed by atoms with van der Waals surface area (Å²) in [5, 5.41) is 2.04. The Morgan fingerprint density at radius 3 is 1.48 bits per heavy atom. The van der Waals surface area contributed by atoms with Gasteiger partial charge in [0, 0.05) is 10.6 Å². The van der Waals surface area contributed by atoms with Crippen molar-refractivity contribution in [3.8, 4) is 0 Å². The van der Waals surface area contributed by atoms with Gasteiger partial charge in [0.25, 0.3) is 0 Å². The zero-order chi connectivity index (χ0) is 15.2. The molecule has 0 N–H and O–H groups in total. The summed E-state index contributed by atoms with van der Waals surface area (Å²) >= 11 is 0. The van der Waals surface area contributed by atoms with E-state index in [2.05, 4.69) is 0 Å². The van der Waals surface area contributed by atoms with E-state index in [1.165, 1.54) is 0 Å². The summed E-state index contributed by atoms with van der Waals surface area (Å²) in [6, 6.07) is 28.9. The van der Waals surface area contributed by atoms with Gasteiger partial charge in [-0.25, -0.2) is 4.79 Å². The minimum absolute atomic E-state index is 0. The molecule has 0 aliphatic heterocycles. The quantitative estimate of drug-likeness (QED) is 0.535. The molecule has 0 amide bonds. The molecule has 0 aromatic heterocycles. The van der Waals surface area contributed by atoms with E-state index in [9.17, 15) is 4.79 Å². The van der Waals surface area contributed by atoms with Gasteiger partial charge in [0.15, 0.2) is 8.15 Å². The van der Waals surface area contributed by atoms with Gasteiger partial charge >= 0.3 is 57.4 Å². The predicted molar refractivity (Wildman–Crippen MR) is 98.1 cm³/mol. The number of carbonyl (C=O) groups is 1. The molecule has 0 saturated carbocycles. The predicted octanol–water partition coefficient (Wildman–Crippen LogP) is 3.24. The Kier molecular flexibility index (Phi) is 7.64. The van der Waals surface area contributed by atoms with Gasteiger partial charge in [-0.05, 0) is 12.1 Å². The SMILES string of the molecule is O=C(OP(c1ccccc1)c1ccccc1)c1ccccc1.[KH]. The second-order valence-corrected chi connectivity index (χ2v) is 6.51. The molecule has 0 saturated heterocycles. The normalized spacial score (nSPS) is 9.96. The molecule has 2 nitrogen and oxygen atoms in total. The van der Waals surface area contributed by atoms with Crippen molar-refractivity contribution in [3.63, 3.8) is 0 Å². The zero-order valence-electron chi connectivity index (χ0n) is 11.9. The average molecular weight is 346 g/mol. The van der Waals surface area contributed by atoms with Crippen LogP contribution in [0.3, 0.4) is 0 Å². The Bertz CT molecular complexity index is 694. The van der Waals surface area contributed by atoms with Gasteiger partial charge in [0.2, 0.25) is 0 Å². The van der Waals surface area contributed by atoms with E-state index in [1.807, 2.05) is 78.9 Å². The van der Waals surface area contributed by atoms with Crippen molar-refractivity contribution in [2.24, 2.45) is 0 Å². The molecule has 23 heavy (non-hydrogen) atoms. The van der Waals surface area contributed by atoms with E-state index in [-0.39, 0.29) is 57.4 Å². The number of hydrogen-bond acceptors (Lipinski definition) is 2. The number of carbonyl (C=O) groups excluding carboxylic acids is 1. The Labute approximate surface area is 180 Å². The summed E-state index contributed by atoms with van der Waals surface area (Å²) in [4.78, 5) is 12.4. The van der Waals surface area contributed by atoms with Gasteiger partial charge in [-0.1, -0.05) is 78.9 Å². The molecule has 0 unspecified atom stereocenters. The van der Waals surface area contributed by atoms with Crippen LogP contribution in [0.2, 0.25) is 0 Å². The molecule has 0 fully saturated rings. The van der Waals surface area contributed by atoms with Crippen molar-refractivity contribution in [2.45, 2.75) is 0 Å². The fraction of sp³-hybridized carbons (Fsp3) is 0. The van der Waals surface area contributed by atoms with E-state index in [0.717, 1.165) is 10.6 Å². The number of rotatable bonds is 4. The minimum atomic E-state index is -1.16. The van der Waals surface area contributed by atoms with Crippen molar-refractivity contribution >= 4 is 76.1 Å². The zero-order valence-corrected chi connectivity index (χ0v) is 12.8. The monoisotopic (exact) mass is 346 g/mol. The van der Waals surface area contributed by atoms with Gasteiger partial charge in [-0.2, -0.15) is 0 Å². The summed E-state index contributed by atoms with van der Waals surface area (Å²) in [5.41, 5.74) is 0.571. The van der Waals surface area contributed by atoms with Crippen LogP contribution in [0.4, 0.5) is 0 Å². The molecule has 0 aliphatic carbocycles. The summed E-state index contributed by atoms with van der Waals surface area (Å²) in [5.74, 6) is -0.292. The topological polar surface area (TPSA) is 26.3 Å². The third-order valence-electron chi connectivity index (χ3n) is 3.17. The Balaban J connectivity index is 0.00000192. The average Bonchev–Trinajstić information content (AvgIpc) is 2.62. The first-order valence-corrected chi connectivity index (χ1v) is 8.28. The summed E-state index contributed by atoms with van der Waals surface area (Å²) in [6.45, 7) is 0. The molecule has 3 aromatic carbocycles. The van der Waals surface area contributed by atoms with E-state index in [4.69, 9.17) is 4.52 Å². The van der Waals surface area contributed by atoms with Crippen LogP contribution in [0.15, 0.2) is 91.0 Å². The van der Waals surface area contributed by atoms with E-state index in [0.29, 0.717) is 5.56 Å². The van der Waals surface area contributed by atoms with Crippen molar-refractivity contribution in [3.05, 3.63) is 96.6 Å². The van der Waals surface area contributed by atoms with Crippen LogP contribution in [0, 0.1) is 0 Å². The van der Waals surface area contributed by atoms with Crippen molar-refractivity contribution in [1.82, 2.24) is 0 Å². The van der Waals surface area contributed by atoms with Gasteiger partial charge in [0.1, 0.15) is 0 Å². The third-order valence-corrected chi connectivity index (χ3v) is 5.05. The van der Waals surface area contributed by atoms with Crippen molar-refractivity contribution in [1.29, 1.82) is 0 Å². The van der Waals surface area contributed by atoms with Crippen LogP contribution in [-0.2, 0) is 4.52 Å². The fourth-order valence-electron chi connectivity index (χ4n) is 2.09.